The lowest BCUT2D eigenvalue weighted by Gasteiger charge is -2.10. The number of anilines is 2. The Bertz CT molecular complexity index is 1740. The zero-order valence-electron chi connectivity index (χ0n) is 21.7. The molecule has 0 radical (unpaired) electrons. The normalized spacial score (nSPS) is 12.3. The molecule has 12 heteroatoms. The highest BCUT2D eigenvalue weighted by molar-refractivity contribution is 7.93. The van der Waals surface area contributed by atoms with Crippen LogP contribution in [0.25, 0.3) is 11.1 Å². The predicted molar refractivity (Wildman–Crippen MR) is 147 cm³/mol. The standard InChI is InChI=1S/C27H26N6O5S/c1-16-11-23(33(2)31-16)26(35)30-20-9-5-7-17(12-20)22-14-19(15-29-24(22)28)25(34)32-39(4,37)21-10-6-8-18(13-21)27(36)38-3/h5-15H,1-4H3,(H2,28,29)(H,30,35). The molecule has 0 aliphatic rings. The molecule has 39 heavy (non-hydrogen) atoms. The van der Waals surface area contributed by atoms with Crippen molar-refractivity contribution >= 4 is 39.0 Å². The van der Waals surface area contributed by atoms with Gasteiger partial charge < -0.3 is 15.8 Å². The molecule has 3 N–H and O–H groups in total. The van der Waals surface area contributed by atoms with Crippen LogP contribution in [0.4, 0.5) is 11.5 Å². The largest absolute Gasteiger partial charge is 0.465 e. The maximum absolute atomic E-state index is 13.3. The smallest absolute Gasteiger partial charge is 0.337 e. The van der Waals surface area contributed by atoms with Crippen LogP contribution in [0.15, 0.2) is 76.1 Å². The van der Waals surface area contributed by atoms with Gasteiger partial charge in [0, 0.05) is 35.6 Å². The molecule has 0 fully saturated rings. The second kappa shape index (κ2) is 10.9. The quantitative estimate of drug-likeness (QED) is 0.346. The number of carbonyl (C=O) groups is 3. The van der Waals surface area contributed by atoms with E-state index in [9.17, 15) is 18.6 Å². The first kappa shape index (κ1) is 27.2. The summed E-state index contributed by atoms with van der Waals surface area (Å²) in [5.74, 6) is -1.55. The molecule has 4 aromatic rings. The highest BCUT2D eigenvalue weighted by atomic mass is 32.2. The molecular formula is C27H26N6O5S. The van der Waals surface area contributed by atoms with Crippen LogP contribution in [-0.4, -0.2) is 50.1 Å². The number of nitrogens with zero attached hydrogens (tertiary/aromatic N) is 4. The van der Waals surface area contributed by atoms with Crippen molar-refractivity contribution in [1.82, 2.24) is 14.8 Å². The fraction of sp³-hybridized carbons (Fsp3) is 0.148. The van der Waals surface area contributed by atoms with Gasteiger partial charge in [-0.15, -0.1) is 0 Å². The van der Waals surface area contributed by atoms with Crippen LogP contribution >= 0.6 is 0 Å². The number of esters is 1. The van der Waals surface area contributed by atoms with Crippen LogP contribution in [0.1, 0.15) is 36.9 Å². The summed E-state index contributed by atoms with van der Waals surface area (Å²) < 4.78 is 23.4. The summed E-state index contributed by atoms with van der Waals surface area (Å²) in [6.45, 7) is 1.80. The highest BCUT2D eigenvalue weighted by Gasteiger charge is 2.17. The molecule has 2 heterocycles. The van der Waals surface area contributed by atoms with Crippen molar-refractivity contribution in [2.45, 2.75) is 11.8 Å². The topological polar surface area (TPSA) is 159 Å². The summed E-state index contributed by atoms with van der Waals surface area (Å²) in [5, 5.41) is 7.01. The predicted octanol–water partition coefficient (Wildman–Crippen LogP) is 3.71. The lowest BCUT2D eigenvalue weighted by molar-refractivity contribution is 0.0600. The number of hydrogen-bond donors (Lipinski definition) is 2. The molecule has 4 rings (SSSR count). The molecule has 0 aliphatic heterocycles. The van der Waals surface area contributed by atoms with E-state index >= 15 is 0 Å². The fourth-order valence-electron chi connectivity index (χ4n) is 3.85. The zero-order chi connectivity index (χ0) is 28.3. The van der Waals surface area contributed by atoms with Crippen molar-refractivity contribution in [2.24, 2.45) is 11.4 Å². The SMILES string of the molecule is COC(=O)c1cccc(S(C)(=O)=NC(=O)c2cnc(N)c(-c3cccc(NC(=O)c4cc(C)nn4C)c3)c2)c1. The van der Waals surface area contributed by atoms with Crippen molar-refractivity contribution in [3.8, 4) is 11.1 Å². The Morgan fingerprint density at radius 1 is 1.05 bits per heavy atom. The van der Waals surface area contributed by atoms with Crippen molar-refractivity contribution in [2.75, 3.05) is 24.4 Å². The van der Waals surface area contributed by atoms with Gasteiger partial charge in [-0.25, -0.2) is 14.0 Å². The minimum atomic E-state index is -3.20. The average Bonchev–Trinajstić information content (AvgIpc) is 3.26. The lowest BCUT2D eigenvalue weighted by atomic mass is 10.0. The Morgan fingerprint density at radius 3 is 2.49 bits per heavy atom. The molecule has 0 bridgehead atoms. The van der Waals surface area contributed by atoms with E-state index in [1.165, 1.54) is 54.6 Å². The number of nitrogens with two attached hydrogens (primary N) is 1. The van der Waals surface area contributed by atoms with Crippen molar-refractivity contribution in [1.29, 1.82) is 0 Å². The van der Waals surface area contributed by atoms with Crippen molar-refractivity contribution in [3.63, 3.8) is 0 Å². The fourth-order valence-corrected chi connectivity index (χ4v) is 5.05. The second-order valence-corrected chi connectivity index (χ2v) is 11.0. The maximum atomic E-state index is 13.3. The van der Waals surface area contributed by atoms with Gasteiger partial charge in [0.1, 0.15) is 11.5 Å². The minimum absolute atomic E-state index is 0.0673. The number of pyridine rings is 1. The molecule has 1 unspecified atom stereocenters. The molecule has 1 atom stereocenters. The monoisotopic (exact) mass is 546 g/mol. The third-order valence-corrected chi connectivity index (χ3v) is 7.42. The van der Waals surface area contributed by atoms with Gasteiger partial charge in [-0.3, -0.25) is 14.3 Å². The number of nitrogen functional groups attached to an aromatic ring is 1. The van der Waals surface area contributed by atoms with E-state index in [-0.39, 0.29) is 27.7 Å². The summed E-state index contributed by atoms with van der Waals surface area (Å²) in [5.41, 5.74) is 9.00. The number of rotatable bonds is 6. The number of aryl methyl sites for hydroxylation is 2. The Balaban J connectivity index is 1.63. The Morgan fingerprint density at radius 2 is 1.79 bits per heavy atom. The highest BCUT2D eigenvalue weighted by Crippen LogP contribution is 2.28. The van der Waals surface area contributed by atoms with Crippen molar-refractivity contribution in [3.05, 3.63) is 89.4 Å². The Kier molecular flexibility index (Phi) is 7.58. The summed E-state index contributed by atoms with van der Waals surface area (Å²) >= 11 is 0. The Labute approximate surface area is 225 Å². The van der Waals surface area contributed by atoms with Gasteiger partial charge >= 0.3 is 5.97 Å². The maximum Gasteiger partial charge on any atom is 0.337 e. The zero-order valence-corrected chi connectivity index (χ0v) is 22.5. The third kappa shape index (κ3) is 6.02. The molecule has 0 aliphatic carbocycles. The summed E-state index contributed by atoms with van der Waals surface area (Å²) in [6.07, 6.45) is 2.56. The molecule has 11 nitrogen and oxygen atoms in total. The van der Waals surface area contributed by atoms with E-state index in [0.29, 0.717) is 28.2 Å². The lowest BCUT2D eigenvalue weighted by Crippen LogP contribution is -2.16. The molecule has 2 amide bonds. The number of carbonyl (C=O) groups excluding carboxylic acids is 3. The van der Waals surface area contributed by atoms with Gasteiger partial charge in [-0.1, -0.05) is 18.2 Å². The van der Waals surface area contributed by atoms with Crippen LogP contribution < -0.4 is 11.1 Å². The Hall–Kier alpha value is -4.84. The van der Waals surface area contributed by atoms with E-state index in [4.69, 9.17) is 10.5 Å². The number of nitrogens with one attached hydrogen (secondary N) is 1. The summed E-state index contributed by atoms with van der Waals surface area (Å²) in [4.78, 5) is 41.9. The number of benzene rings is 2. The van der Waals surface area contributed by atoms with E-state index in [1.54, 1.807) is 44.3 Å². The first-order valence-electron chi connectivity index (χ1n) is 11.6. The number of methoxy groups -OCH3 is 1. The molecule has 0 saturated carbocycles. The van der Waals surface area contributed by atoms with Gasteiger partial charge in [0.2, 0.25) is 0 Å². The summed E-state index contributed by atoms with van der Waals surface area (Å²) in [6, 6.07) is 16.0. The minimum Gasteiger partial charge on any atom is -0.465 e. The third-order valence-electron chi connectivity index (χ3n) is 5.78. The van der Waals surface area contributed by atoms with E-state index in [0.717, 1.165) is 0 Å². The van der Waals surface area contributed by atoms with Crippen LogP contribution in [-0.2, 0) is 21.5 Å². The molecule has 2 aromatic heterocycles. The van der Waals surface area contributed by atoms with Crippen LogP contribution in [0, 0.1) is 6.92 Å². The average molecular weight is 547 g/mol. The van der Waals surface area contributed by atoms with Gasteiger partial charge in [-0.2, -0.15) is 9.46 Å². The van der Waals surface area contributed by atoms with E-state index in [2.05, 4.69) is 19.8 Å². The number of amides is 2. The van der Waals surface area contributed by atoms with E-state index in [1.807, 2.05) is 0 Å². The van der Waals surface area contributed by atoms with Crippen molar-refractivity contribution < 1.29 is 23.3 Å². The van der Waals surface area contributed by atoms with Gasteiger partial charge in [0.05, 0.1) is 33.7 Å². The second-order valence-electron chi connectivity index (χ2n) is 8.70. The number of ether oxygens (including phenoxy) is 1. The number of aromatic nitrogens is 3. The van der Waals surface area contributed by atoms with Gasteiger partial charge in [0.15, 0.2) is 0 Å². The molecule has 0 saturated heterocycles. The van der Waals surface area contributed by atoms with E-state index < -0.39 is 21.6 Å². The number of hydrogen-bond acceptors (Lipinski definition) is 8. The van der Waals surface area contributed by atoms with Crippen LogP contribution in [0.3, 0.4) is 0 Å². The first-order chi connectivity index (χ1) is 18.5. The first-order valence-corrected chi connectivity index (χ1v) is 13.5. The molecular weight excluding hydrogens is 520 g/mol. The molecule has 0 spiro atoms. The molecule has 2 aromatic carbocycles. The van der Waals surface area contributed by atoms with Gasteiger partial charge in [-0.05, 0) is 55.0 Å². The summed E-state index contributed by atoms with van der Waals surface area (Å²) in [7, 11) is -0.281. The van der Waals surface area contributed by atoms with Gasteiger partial charge in [0.25, 0.3) is 11.8 Å². The van der Waals surface area contributed by atoms with Crippen LogP contribution in [0.5, 0.6) is 0 Å². The molecule has 200 valence electrons. The van der Waals surface area contributed by atoms with Crippen LogP contribution in [0.2, 0.25) is 0 Å².